The highest BCUT2D eigenvalue weighted by Crippen LogP contribution is 2.17. The molecule has 1 aromatic carbocycles. The number of aryl methyl sites for hydroxylation is 2. The van der Waals surface area contributed by atoms with Crippen LogP contribution in [-0.4, -0.2) is 22.2 Å². The summed E-state index contributed by atoms with van der Waals surface area (Å²) in [4.78, 5) is 12.3. The van der Waals surface area contributed by atoms with Crippen LogP contribution in [0.25, 0.3) is 0 Å². The summed E-state index contributed by atoms with van der Waals surface area (Å²) in [5.41, 5.74) is 3.54. The molecule has 2 aromatic rings. The van der Waals surface area contributed by atoms with Gasteiger partial charge >= 0.3 is 0 Å². The van der Waals surface area contributed by atoms with Crippen LogP contribution in [-0.2, 0) is 13.6 Å². The molecule has 0 bridgehead atoms. The van der Waals surface area contributed by atoms with Gasteiger partial charge < -0.3 is 10.6 Å². The number of benzene rings is 1. The topological polar surface area (TPSA) is 59.0 Å². The van der Waals surface area contributed by atoms with Crippen LogP contribution in [0, 0.1) is 6.92 Å². The van der Waals surface area contributed by atoms with Crippen LogP contribution in [0.15, 0.2) is 30.5 Å². The van der Waals surface area contributed by atoms with Crippen molar-refractivity contribution in [1.82, 2.24) is 15.1 Å². The highest BCUT2D eigenvalue weighted by Gasteiger charge is 2.11. The summed E-state index contributed by atoms with van der Waals surface area (Å²) in [6, 6.07) is 7.71. The molecule has 1 aromatic heterocycles. The summed E-state index contributed by atoms with van der Waals surface area (Å²) < 4.78 is 1.72. The second-order valence-electron chi connectivity index (χ2n) is 5.14. The Bertz CT molecular complexity index is 618. The molecule has 0 unspecified atom stereocenters. The Balaban J connectivity index is 2.07. The number of carbonyl (C=O) groups excluding carboxylic acids is 1. The van der Waals surface area contributed by atoms with E-state index in [1.165, 1.54) is 0 Å². The molecule has 5 nitrogen and oxygen atoms in total. The monoisotopic (exact) mass is 286 g/mol. The van der Waals surface area contributed by atoms with E-state index in [9.17, 15) is 4.79 Å². The molecule has 2 rings (SSSR count). The Kier molecular flexibility index (Phi) is 4.98. The number of nitrogens with one attached hydrogen (secondary N) is 2. The number of hydrogen-bond acceptors (Lipinski definition) is 3. The molecule has 0 atom stereocenters. The van der Waals surface area contributed by atoms with Crippen LogP contribution in [0.3, 0.4) is 0 Å². The minimum absolute atomic E-state index is 0.0840. The Morgan fingerprint density at radius 2 is 2.14 bits per heavy atom. The third-order valence-corrected chi connectivity index (χ3v) is 3.18. The summed E-state index contributed by atoms with van der Waals surface area (Å²) in [6.07, 6.45) is 2.88. The highest BCUT2D eigenvalue weighted by molar-refractivity contribution is 5.99. The number of carbonyl (C=O) groups is 1. The van der Waals surface area contributed by atoms with E-state index in [1.54, 1.807) is 4.68 Å². The lowest BCUT2D eigenvalue weighted by molar-refractivity contribution is 0.0951. The van der Waals surface area contributed by atoms with Crippen molar-refractivity contribution in [3.63, 3.8) is 0 Å². The Labute approximate surface area is 125 Å². The molecule has 0 saturated heterocycles. The van der Waals surface area contributed by atoms with Crippen LogP contribution in [0.5, 0.6) is 0 Å². The average Bonchev–Trinajstić information content (AvgIpc) is 2.88. The fourth-order valence-corrected chi connectivity index (χ4v) is 2.09. The molecular weight excluding hydrogens is 264 g/mol. The standard InChI is InChI=1S/C16H22N4O/c1-4-8-17-15-10-12(2)5-6-14(15)16(21)18-11-13-7-9-20(3)19-13/h5-7,9-10,17H,4,8,11H2,1-3H3,(H,18,21). The molecule has 0 spiro atoms. The summed E-state index contributed by atoms with van der Waals surface area (Å²) in [5.74, 6) is -0.0840. The molecule has 2 N–H and O–H groups in total. The summed E-state index contributed by atoms with van der Waals surface area (Å²) in [7, 11) is 1.86. The number of amides is 1. The zero-order valence-corrected chi connectivity index (χ0v) is 12.8. The van der Waals surface area contributed by atoms with Crippen LogP contribution >= 0.6 is 0 Å². The van der Waals surface area contributed by atoms with Crippen LogP contribution in [0.4, 0.5) is 5.69 Å². The molecule has 0 fully saturated rings. The number of aromatic nitrogens is 2. The van der Waals surface area contributed by atoms with Gasteiger partial charge in [0.15, 0.2) is 0 Å². The molecule has 1 heterocycles. The molecule has 0 aliphatic rings. The van der Waals surface area contributed by atoms with Gasteiger partial charge in [-0.15, -0.1) is 0 Å². The van der Waals surface area contributed by atoms with Gasteiger partial charge in [-0.2, -0.15) is 5.10 Å². The minimum Gasteiger partial charge on any atom is -0.384 e. The lowest BCUT2D eigenvalue weighted by Crippen LogP contribution is -2.24. The van der Waals surface area contributed by atoms with Crippen molar-refractivity contribution < 1.29 is 4.79 Å². The van der Waals surface area contributed by atoms with Gasteiger partial charge in [0, 0.05) is 25.5 Å². The summed E-state index contributed by atoms with van der Waals surface area (Å²) in [5, 5.41) is 10.5. The SMILES string of the molecule is CCCNc1cc(C)ccc1C(=O)NCc1ccn(C)n1. The van der Waals surface area contributed by atoms with Gasteiger partial charge in [-0.1, -0.05) is 13.0 Å². The van der Waals surface area contributed by atoms with Crippen molar-refractivity contribution in [2.45, 2.75) is 26.8 Å². The van der Waals surface area contributed by atoms with Crippen molar-refractivity contribution in [3.05, 3.63) is 47.3 Å². The molecule has 0 aliphatic carbocycles. The Morgan fingerprint density at radius 1 is 1.33 bits per heavy atom. The lowest BCUT2D eigenvalue weighted by Gasteiger charge is -2.12. The zero-order chi connectivity index (χ0) is 15.2. The molecule has 0 radical (unpaired) electrons. The molecule has 5 heteroatoms. The van der Waals surface area contributed by atoms with E-state index in [0.29, 0.717) is 12.1 Å². The number of nitrogens with zero attached hydrogens (tertiary/aromatic N) is 2. The van der Waals surface area contributed by atoms with Gasteiger partial charge in [0.25, 0.3) is 5.91 Å². The summed E-state index contributed by atoms with van der Waals surface area (Å²) in [6.45, 7) is 5.40. The first-order chi connectivity index (χ1) is 10.1. The molecular formula is C16H22N4O. The molecule has 0 aliphatic heterocycles. The number of anilines is 1. The van der Waals surface area contributed by atoms with Gasteiger partial charge in [-0.05, 0) is 37.1 Å². The highest BCUT2D eigenvalue weighted by atomic mass is 16.1. The van der Waals surface area contributed by atoms with Gasteiger partial charge in [0.2, 0.25) is 0 Å². The first kappa shape index (κ1) is 15.1. The van der Waals surface area contributed by atoms with Crippen LogP contribution in [0.1, 0.15) is 35.0 Å². The van der Waals surface area contributed by atoms with Gasteiger partial charge in [0.05, 0.1) is 17.8 Å². The smallest absolute Gasteiger partial charge is 0.253 e. The Morgan fingerprint density at radius 3 is 2.81 bits per heavy atom. The molecule has 1 amide bonds. The number of hydrogen-bond donors (Lipinski definition) is 2. The molecule has 112 valence electrons. The second kappa shape index (κ2) is 6.92. The third-order valence-electron chi connectivity index (χ3n) is 3.18. The maximum absolute atomic E-state index is 12.3. The predicted octanol–water partition coefficient (Wildman–Crippen LogP) is 2.48. The average molecular weight is 286 g/mol. The quantitative estimate of drug-likeness (QED) is 0.857. The fourth-order valence-electron chi connectivity index (χ4n) is 2.09. The van der Waals surface area contributed by atoms with E-state index in [2.05, 4.69) is 22.7 Å². The van der Waals surface area contributed by atoms with E-state index in [4.69, 9.17) is 0 Å². The molecule has 0 saturated carbocycles. The predicted molar refractivity (Wildman–Crippen MR) is 84.3 cm³/mol. The van der Waals surface area contributed by atoms with Gasteiger partial charge in [-0.3, -0.25) is 9.48 Å². The summed E-state index contributed by atoms with van der Waals surface area (Å²) >= 11 is 0. The largest absolute Gasteiger partial charge is 0.384 e. The molecule has 21 heavy (non-hydrogen) atoms. The van der Waals surface area contributed by atoms with E-state index in [0.717, 1.165) is 29.9 Å². The van der Waals surface area contributed by atoms with E-state index in [1.807, 2.05) is 44.4 Å². The van der Waals surface area contributed by atoms with E-state index >= 15 is 0 Å². The maximum Gasteiger partial charge on any atom is 0.253 e. The van der Waals surface area contributed by atoms with Crippen LogP contribution < -0.4 is 10.6 Å². The minimum atomic E-state index is -0.0840. The first-order valence-corrected chi connectivity index (χ1v) is 7.21. The lowest BCUT2D eigenvalue weighted by atomic mass is 10.1. The van der Waals surface area contributed by atoms with E-state index < -0.39 is 0 Å². The fraction of sp³-hybridized carbons (Fsp3) is 0.375. The third kappa shape index (κ3) is 4.08. The normalized spacial score (nSPS) is 10.4. The maximum atomic E-state index is 12.3. The Hall–Kier alpha value is -2.30. The van der Waals surface area contributed by atoms with Gasteiger partial charge in [0.1, 0.15) is 0 Å². The van der Waals surface area contributed by atoms with Crippen molar-refractivity contribution in [3.8, 4) is 0 Å². The van der Waals surface area contributed by atoms with Crippen molar-refractivity contribution in [2.24, 2.45) is 7.05 Å². The van der Waals surface area contributed by atoms with Crippen LogP contribution in [0.2, 0.25) is 0 Å². The number of rotatable bonds is 6. The first-order valence-electron chi connectivity index (χ1n) is 7.21. The van der Waals surface area contributed by atoms with Crippen molar-refractivity contribution >= 4 is 11.6 Å². The van der Waals surface area contributed by atoms with E-state index in [-0.39, 0.29) is 5.91 Å². The second-order valence-corrected chi connectivity index (χ2v) is 5.14. The van der Waals surface area contributed by atoms with Crippen molar-refractivity contribution in [2.75, 3.05) is 11.9 Å². The van der Waals surface area contributed by atoms with Crippen molar-refractivity contribution in [1.29, 1.82) is 0 Å². The van der Waals surface area contributed by atoms with Gasteiger partial charge in [-0.25, -0.2) is 0 Å². The zero-order valence-electron chi connectivity index (χ0n) is 12.8.